The number of aliphatic hydroxyl groups excluding tert-OH is 1. The third kappa shape index (κ3) is 4.59. The SMILES string of the molecule is CC(C)(C)OC(=O)NCc1nc(CO)cs1. The summed E-state index contributed by atoms with van der Waals surface area (Å²) in [5.41, 5.74) is 0.120. The molecular formula is C10H16N2O3S. The average Bonchev–Trinajstić information content (AvgIpc) is 2.59. The van der Waals surface area contributed by atoms with E-state index in [4.69, 9.17) is 9.84 Å². The lowest BCUT2D eigenvalue weighted by Gasteiger charge is -2.19. The number of carbonyl (C=O) groups is 1. The first-order chi connectivity index (χ1) is 7.40. The van der Waals surface area contributed by atoms with Crippen LogP contribution in [0.4, 0.5) is 4.79 Å². The van der Waals surface area contributed by atoms with Gasteiger partial charge in [-0.3, -0.25) is 0 Å². The highest BCUT2D eigenvalue weighted by atomic mass is 32.1. The third-order valence-corrected chi connectivity index (χ3v) is 2.44. The van der Waals surface area contributed by atoms with E-state index in [1.54, 1.807) is 26.2 Å². The number of alkyl carbamates (subject to hydrolysis) is 1. The molecule has 0 spiro atoms. The highest BCUT2D eigenvalue weighted by Gasteiger charge is 2.15. The molecule has 1 aromatic rings. The van der Waals surface area contributed by atoms with Gasteiger partial charge in [-0.25, -0.2) is 9.78 Å². The summed E-state index contributed by atoms with van der Waals surface area (Å²) < 4.78 is 5.07. The molecule has 1 amide bonds. The van der Waals surface area contributed by atoms with Gasteiger partial charge in [-0.05, 0) is 20.8 Å². The molecule has 1 aromatic heterocycles. The van der Waals surface area contributed by atoms with Crippen LogP contribution in [0.5, 0.6) is 0 Å². The number of thiazole rings is 1. The van der Waals surface area contributed by atoms with Crippen LogP contribution in [0.15, 0.2) is 5.38 Å². The second kappa shape index (κ2) is 5.27. The van der Waals surface area contributed by atoms with Crippen molar-refractivity contribution in [3.8, 4) is 0 Å². The minimum Gasteiger partial charge on any atom is -0.444 e. The van der Waals surface area contributed by atoms with Gasteiger partial charge in [0.2, 0.25) is 0 Å². The first-order valence-corrected chi connectivity index (χ1v) is 5.79. The first kappa shape index (κ1) is 12.9. The molecule has 0 atom stereocenters. The molecule has 0 aliphatic rings. The quantitative estimate of drug-likeness (QED) is 0.848. The van der Waals surface area contributed by atoms with E-state index >= 15 is 0 Å². The fourth-order valence-corrected chi connectivity index (χ4v) is 1.69. The smallest absolute Gasteiger partial charge is 0.408 e. The molecule has 6 heteroatoms. The Morgan fingerprint density at radius 3 is 2.81 bits per heavy atom. The zero-order chi connectivity index (χ0) is 12.2. The Morgan fingerprint density at radius 2 is 2.31 bits per heavy atom. The molecule has 1 rings (SSSR count). The Morgan fingerprint density at radius 1 is 1.62 bits per heavy atom. The monoisotopic (exact) mass is 244 g/mol. The van der Waals surface area contributed by atoms with Gasteiger partial charge in [0.05, 0.1) is 18.8 Å². The minimum absolute atomic E-state index is 0.0804. The van der Waals surface area contributed by atoms with Gasteiger partial charge in [0, 0.05) is 5.38 Å². The fraction of sp³-hybridized carbons (Fsp3) is 0.600. The van der Waals surface area contributed by atoms with Crippen LogP contribution >= 0.6 is 11.3 Å². The standard InChI is InChI=1S/C10H16N2O3S/c1-10(2,3)15-9(14)11-4-8-12-7(5-13)6-16-8/h6,13H,4-5H2,1-3H3,(H,11,14). The second-order valence-electron chi connectivity index (χ2n) is 4.25. The molecule has 16 heavy (non-hydrogen) atoms. The van der Waals surface area contributed by atoms with E-state index < -0.39 is 11.7 Å². The van der Waals surface area contributed by atoms with E-state index in [1.807, 2.05) is 0 Å². The van der Waals surface area contributed by atoms with Crippen molar-refractivity contribution in [2.45, 2.75) is 39.5 Å². The summed E-state index contributed by atoms with van der Waals surface area (Å²) >= 11 is 1.39. The predicted molar refractivity (Wildman–Crippen MR) is 61.1 cm³/mol. The number of nitrogens with zero attached hydrogens (tertiary/aromatic N) is 1. The van der Waals surface area contributed by atoms with Crippen molar-refractivity contribution in [2.24, 2.45) is 0 Å². The van der Waals surface area contributed by atoms with E-state index in [9.17, 15) is 4.79 Å². The average molecular weight is 244 g/mol. The van der Waals surface area contributed by atoms with Crippen LogP contribution in [0, 0.1) is 0 Å². The summed E-state index contributed by atoms with van der Waals surface area (Å²) in [5.74, 6) is 0. The lowest BCUT2D eigenvalue weighted by atomic mass is 10.2. The zero-order valence-electron chi connectivity index (χ0n) is 9.61. The number of nitrogens with one attached hydrogen (secondary N) is 1. The molecule has 0 saturated carbocycles. The topological polar surface area (TPSA) is 71.5 Å². The lowest BCUT2D eigenvalue weighted by Crippen LogP contribution is -2.32. The number of aliphatic hydroxyl groups is 1. The van der Waals surface area contributed by atoms with Gasteiger partial charge in [0.15, 0.2) is 0 Å². The molecule has 0 saturated heterocycles. The van der Waals surface area contributed by atoms with Gasteiger partial charge >= 0.3 is 6.09 Å². The third-order valence-electron chi connectivity index (χ3n) is 1.54. The molecule has 0 unspecified atom stereocenters. The van der Waals surface area contributed by atoms with Crippen LogP contribution in [0.3, 0.4) is 0 Å². The zero-order valence-corrected chi connectivity index (χ0v) is 10.4. The van der Waals surface area contributed by atoms with Crippen molar-refractivity contribution in [3.05, 3.63) is 16.1 Å². The van der Waals surface area contributed by atoms with E-state index in [-0.39, 0.29) is 6.61 Å². The van der Waals surface area contributed by atoms with Crippen molar-refractivity contribution >= 4 is 17.4 Å². The molecule has 5 nitrogen and oxygen atoms in total. The van der Waals surface area contributed by atoms with Crippen LogP contribution < -0.4 is 5.32 Å². The predicted octanol–water partition coefficient (Wildman–Crippen LogP) is 1.66. The number of carbonyl (C=O) groups excluding carboxylic acids is 1. The number of rotatable bonds is 3. The Bertz CT molecular complexity index is 357. The van der Waals surface area contributed by atoms with Gasteiger partial charge in [-0.1, -0.05) is 0 Å². The minimum atomic E-state index is -0.497. The molecule has 0 fully saturated rings. The summed E-state index contributed by atoms with van der Waals surface area (Å²) in [5, 5.41) is 13.9. The fourth-order valence-electron chi connectivity index (χ4n) is 0.965. The van der Waals surface area contributed by atoms with Crippen molar-refractivity contribution < 1.29 is 14.6 Å². The van der Waals surface area contributed by atoms with Crippen molar-refractivity contribution in [1.29, 1.82) is 0 Å². The maximum absolute atomic E-state index is 11.3. The molecule has 0 aromatic carbocycles. The van der Waals surface area contributed by atoms with E-state index in [2.05, 4.69) is 10.3 Å². The normalized spacial score (nSPS) is 11.2. The van der Waals surface area contributed by atoms with Crippen LogP contribution in [0.25, 0.3) is 0 Å². The van der Waals surface area contributed by atoms with Crippen LogP contribution in [-0.4, -0.2) is 21.8 Å². The van der Waals surface area contributed by atoms with E-state index in [0.29, 0.717) is 12.2 Å². The van der Waals surface area contributed by atoms with Gasteiger partial charge in [-0.15, -0.1) is 11.3 Å². The van der Waals surface area contributed by atoms with Crippen LogP contribution in [0.2, 0.25) is 0 Å². The summed E-state index contributed by atoms with van der Waals surface area (Å²) in [6, 6.07) is 0. The van der Waals surface area contributed by atoms with Crippen molar-refractivity contribution in [1.82, 2.24) is 10.3 Å². The van der Waals surface area contributed by atoms with Crippen LogP contribution in [-0.2, 0) is 17.9 Å². The van der Waals surface area contributed by atoms with E-state index in [0.717, 1.165) is 5.01 Å². The molecule has 0 radical (unpaired) electrons. The Kier molecular flexibility index (Phi) is 4.26. The van der Waals surface area contributed by atoms with Gasteiger partial charge in [0.25, 0.3) is 0 Å². The molecule has 1 heterocycles. The highest BCUT2D eigenvalue weighted by Crippen LogP contribution is 2.10. The maximum atomic E-state index is 11.3. The summed E-state index contributed by atoms with van der Waals surface area (Å²) in [7, 11) is 0. The van der Waals surface area contributed by atoms with E-state index in [1.165, 1.54) is 11.3 Å². The summed E-state index contributed by atoms with van der Waals surface area (Å²) in [6.07, 6.45) is -0.465. The number of hydrogen-bond acceptors (Lipinski definition) is 5. The number of aromatic nitrogens is 1. The Hall–Kier alpha value is -1.14. The van der Waals surface area contributed by atoms with Gasteiger partial charge < -0.3 is 15.2 Å². The highest BCUT2D eigenvalue weighted by molar-refractivity contribution is 7.09. The largest absolute Gasteiger partial charge is 0.444 e. The maximum Gasteiger partial charge on any atom is 0.408 e. The molecule has 0 aliphatic heterocycles. The molecule has 0 bridgehead atoms. The van der Waals surface area contributed by atoms with Crippen molar-refractivity contribution in [2.75, 3.05) is 0 Å². The summed E-state index contributed by atoms with van der Waals surface area (Å²) in [6.45, 7) is 5.65. The van der Waals surface area contributed by atoms with Gasteiger partial charge in [0.1, 0.15) is 10.6 Å². The Labute approximate surface area is 98.5 Å². The molecule has 90 valence electrons. The van der Waals surface area contributed by atoms with Crippen molar-refractivity contribution in [3.63, 3.8) is 0 Å². The lowest BCUT2D eigenvalue weighted by molar-refractivity contribution is 0.0523. The van der Waals surface area contributed by atoms with Crippen LogP contribution in [0.1, 0.15) is 31.5 Å². The van der Waals surface area contributed by atoms with Gasteiger partial charge in [-0.2, -0.15) is 0 Å². The molecule has 2 N–H and O–H groups in total. The molecule has 0 aliphatic carbocycles. The second-order valence-corrected chi connectivity index (χ2v) is 5.19. The molecular weight excluding hydrogens is 228 g/mol. The summed E-state index contributed by atoms with van der Waals surface area (Å²) in [4.78, 5) is 15.4. The number of hydrogen-bond donors (Lipinski definition) is 2. The Balaban J connectivity index is 2.37. The first-order valence-electron chi connectivity index (χ1n) is 4.91. The number of amides is 1. The number of ether oxygens (including phenoxy) is 1.